The molecular weight excluding hydrogens is 265 g/mol. The molecule has 0 bridgehead atoms. The van der Waals surface area contributed by atoms with Crippen molar-refractivity contribution >= 4 is 0 Å². The van der Waals surface area contributed by atoms with Crippen LogP contribution in [0.25, 0.3) is 0 Å². The molecule has 0 aromatic heterocycles. The van der Waals surface area contributed by atoms with Crippen molar-refractivity contribution in [1.82, 2.24) is 5.32 Å². The number of rotatable bonds is 4. The standard InChI is InChI=1S/C18H20FNO/c1-3-20-18(15-6-4-5-7-16(15)19)13-8-9-17-14(11-13)10-12(2)21-17/h4-9,11-12,18,20H,3,10H2,1-2H3. The van der Waals surface area contributed by atoms with Gasteiger partial charge in [-0.3, -0.25) is 0 Å². The van der Waals surface area contributed by atoms with Crippen molar-refractivity contribution in [2.24, 2.45) is 0 Å². The van der Waals surface area contributed by atoms with Gasteiger partial charge in [-0.2, -0.15) is 0 Å². The minimum atomic E-state index is -0.173. The third-order valence-electron chi connectivity index (χ3n) is 3.88. The highest BCUT2D eigenvalue weighted by atomic mass is 19.1. The second-order valence-electron chi connectivity index (χ2n) is 5.51. The summed E-state index contributed by atoms with van der Waals surface area (Å²) in [6.45, 7) is 4.88. The Morgan fingerprint density at radius 1 is 1.29 bits per heavy atom. The van der Waals surface area contributed by atoms with Crippen molar-refractivity contribution in [2.45, 2.75) is 32.4 Å². The SMILES string of the molecule is CCNC(c1ccc2c(c1)CC(C)O2)c1ccccc1F. The number of fused-ring (bicyclic) bond motifs is 1. The van der Waals surface area contributed by atoms with Gasteiger partial charge in [-0.15, -0.1) is 0 Å². The minimum Gasteiger partial charge on any atom is -0.490 e. The number of nitrogens with one attached hydrogen (secondary N) is 1. The van der Waals surface area contributed by atoms with Gasteiger partial charge < -0.3 is 10.1 Å². The van der Waals surface area contributed by atoms with Gasteiger partial charge in [0.2, 0.25) is 0 Å². The highest BCUT2D eigenvalue weighted by molar-refractivity contribution is 5.44. The predicted molar refractivity (Wildman–Crippen MR) is 82.2 cm³/mol. The van der Waals surface area contributed by atoms with Crippen LogP contribution >= 0.6 is 0 Å². The molecule has 21 heavy (non-hydrogen) atoms. The average molecular weight is 285 g/mol. The molecule has 2 unspecified atom stereocenters. The van der Waals surface area contributed by atoms with E-state index in [2.05, 4.69) is 18.3 Å². The number of benzene rings is 2. The van der Waals surface area contributed by atoms with Crippen LogP contribution in [0.3, 0.4) is 0 Å². The second-order valence-corrected chi connectivity index (χ2v) is 5.51. The third kappa shape index (κ3) is 2.79. The van der Waals surface area contributed by atoms with Crippen molar-refractivity contribution in [3.05, 3.63) is 65.0 Å². The minimum absolute atomic E-state index is 0.127. The van der Waals surface area contributed by atoms with Gasteiger partial charge in [0.25, 0.3) is 0 Å². The van der Waals surface area contributed by atoms with Crippen molar-refractivity contribution < 1.29 is 9.13 Å². The van der Waals surface area contributed by atoms with Gasteiger partial charge in [0.05, 0.1) is 6.04 Å². The van der Waals surface area contributed by atoms with Crippen molar-refractivity contribution in [1.29, 1.82) is 0 Å². The predicted octanol–water partition coefficient (Wildman–Crippen LogP) is 3.85. The maximum Gasteiger partial charge on any atom is 0.128 e. The van der Waals surface area contributed by atoms with Gasteiger partial charge in [-0.05, 0) is 36.7 Å². The number of hydrogen-bond donors (Lipinski definition) is 1. The first kappa shape index (κ1) is 14.1. The molecule has 2 atom stereocenters. The lowest BCUT2D eigenvalue weighted by Gasteiger charge is -2.20. The summed E-state index contributed by atoms with van der Waals surface area (Å²) < 4.78 is 19.9. The normalized spacial score (nSPS) is 18.1. The summed E-state index contributed by atoms with van der Waals surface area (Å²) in [5.74, 6) is 0.781. The molecule has 2 aromatic rings. The molecule has 0 aliphatic carbocycles. The van der Waals surface area contributed by atoms with Crippen LogP contribution in [-0.4, -0.2) is 12.6 Å². The summed E-state index contributed by atoms with van der Waals surface area (Å²) in [5, 5.41) is 3.38. The molecule has 0 radical (unpaired) electrons. The van der Waals surface area contributed by atoms with Crippen molar-refractivity contribution in [2.75, 3.05) is 6.54 Å². The van der Waals surface area contributed by atoms with Crippen LogP contribution in [0, 0.1) is 5.82 Å². The summed E-state index contributed by atoms with van der Waals surface area (Å²) >= 11 is 0. The summed E-state index contributed by atoms with van der Waals surface area (Å²) in [5.41, 5.74) is 2.98. The van der Waals surface area contributed by atoms with E-state index in [1.54, 1.807) is 6.07 Å². The van der Waals surface area contributed by atoms with Crippen LogP contribution in [0.1, 0.15) is 36.6 Å². The van der Waals surface area contributed by atoms with Crippen molar-refractivity contribution in [3.8, 4) is 5.75 Å². The second kappa shape index (κ2) is 5.86. The fourth-order valence-corrected chi connectivity index (χ4v) is 2.94. The molecule has 0 spiro atoms. The summed E-state index contributed by atoms with van der Waals surface area (Å²) in [6.07, 6.45) is 1.14. The first-order valence-corrected chi connectivity index (χ1v) is 7.46. The molecule has 0 saturated heterocycles. The highest BCUT2D eigenvalue weighted by Gasteiger charge is 2.22. The van der Waals surface area contributed by atoms with Gasteiger partial charge in [0, 0.05) is 12.0 Å². The Kier molecular flexibility index (Phi) is 3.93. The summed E-state index contributed by atoms with van der Waals surface area (Å²) in [4.78, 5) is 0. The molecule has 2 nitrogen and oxygen atoms in total. The van der Waals surface area contributed by atoms with Crippen LogP contribution in [0.2, 0.25) is 0 Å². The fraction of sp³-hybridized carbons (Fsp3) is 0.333. The lowest BCUT2D eigenvalue weighted by atomic mass is 9.95. The average Bonchev–Trinajstić information content (AvgIpc) is 2.85. The van der Waals surface area contributed by atoms with Crippen LogP contribution in [-0.2, 0) is 6.42 Å². The Bertz CT molecular complexity index is 641. The molecular formula is C18H20FNO. The van der Waals surface area contributed by atoms with Gasteiger partial charge >= 0.3 is 0 Å². The molecule has 110 valence electrons. The maximum absolute atomic E-state index is 14.1. The molecule has 0 fully saturated rings. The number of ether oxygens (including phenoxy) is 1. The topological polar surface area (TPSA) is 21.3 Å². The zero-order valence-electron chi connectivity index (χ0n) is 12.4. The lowest BCUT2D eigenvalue weighted by Crippen LogP contribution is -2.23. The van der Waals surface area contributed by atoms with E-state index < -0.39 is 0 Å². The molecule has 1 aliphatic heterocycles. The first-order valence-electron chi connectivity index (χ1n) is 7.46. The first-order chi connectivity index (χ1) is 10.2. The molecule has 1 N–H and O–H groups in total. The largest absolute Gasteiger partial charge is 0.490 e. The van der Waals surface area contributed by atoms with Crippen LogP contribution < -0.4 is 10.1 Å². The highest BCUT2D eigenvalue weighted by Crippen LogP contribution is 2.33. The Labute approximate surface area is 125 Å². The van der Waals surface area contributed by atoms with Gasteiger partial charge in [0.15, 0.2) is 0 Å². The zero-order chi connectivity index (χ0) is 14.8. The van der Waals surface area contributed by atoms with Crippen molar-refractivity contribution in [3.63, 3.8) is 0 Å². The Hall–Kier alpha value is -1.87. The molecule has 3 rings (SSSR count). The maximum atomic E-state index is 14.1. The van der Waals surface area contributed by atoms with Crippen LogP contribution in [0.15, 0.2) is 42.5 Å². The smallest absolute Gasteiger partial charge is 0.128 e. The number of hydrogen-bond acceptors (Lipinski definition) is 2. The molecule has 1 aliphatic rings. The van der Waals surface area contributed by atoms with E-state index in [0.717, 1.165) is 24.3 Å². The molecule has 0 saturated carbocycles. The third-order valence-corrected chi connectivity index (χ3v) is 3.88. The zero-order valence-corrected chi connectivity index (χ0v) is 12.4. The van der Waals surface area contributed by atoms with Gasteiger partial charge in [-0.1, -0.05) is 37.3 Å². The van der Waals surface area contributed by atoms with E-state index in [-0.39, 0.29) is 18.0 Å². The lowest BCUT2D eigenvalue weighted by molar-refractivity contribution is 0.254. The van der Waals surface area contributed by atoms with Gasteiger partial charge in [0.1, 0.15) is 17.7 Å². The monoisotopic (exact) mass is 285 g/mol. The Morgan fingerprint density at radius 3 is 2.86 bits per heavy atom. The van der Waals surface area contributed by atoms with E-state index in [9.17, 15) is 4.39 Å². The van der Waals surface area contributed by atoms with E-state index in [1.165, 1.54) is 11.6 Å². The Morgan fingerprint density at radius 2 is 2.10 bits per heavy atom. The van der Waals surface area contributed by atoms with E-state index in [4.69, 9.17) is 4.74 Å². The molecule has 0 amide bonds. The fourth-order valence-electron chi connectivity index (χ4n) is 2.94. The molecule has 1 heterocycles. The van der Waals surface area contributed by atoms with Crippen LogP contribution in [0.5, 0.6) is 5.75 Å². The van der Waals surface area contributed by atoms with E-state index in [0.29, 0.717) is 5.56 Å². The van der Waals surface area contributed by atoms with Crippen LogP contribution in [0.4, 0.5) is 4.39 Å². The van der Waals surface area contributed by atoms with E-state index >= 15 is 0 Å². The number of halogens is 1. The van der Waals surface area contributed by atoms with E-state index in [1.807, 2.05) is 31.2 Å². The van der Waals surface area contributed by atoms with Gasteiger partial charge in [-0.25, -0.2) is 4.39 Å². The molecule has 3 heteroatoms. The quantitative estimate of drug-likeness (QED) is 0.921. The summed E-state index contributed by atoms with van der Waals surface area (Å²) in [7, 11) is 0. The Balaban J connectivity index is 1.99. The molecule has 2 aromatic carbocycles. The summed E-state index contributed by atoms with van der Waals surface area (Å²) in [6, 6.07) is 13.0.